The van der Waals surface area contributed by atoms with Gasteiger partial charge in [-0.1, -0.05) is 0 Å². The van der Waals surface area contributed by atoms with Crippen LogP contribution in [0.3, 0.4) is 0 Å². The summed E-state index contributed by atoms with van der Waals surface area (Å²) in [5.41, 5.74) is 0.282. The first-order valence-corrected chi connectivity index (χ1v) is 5.81. The van der Waals surface area contributed by atoms with Gasteiger partial charge in [0.05, 0.1) is 9.82 Å². The minimum absolute atomic E-state index is 0.238. The van der Waals surface area contributed by atoms with Crippen LogP contribution in [0.5, 0.6) is 0 Å². The molecule has 0 spiro atoms. The fourth-order valence-electron chi connectivity index (χ4n) is 1.34. The highest BCUT2D eigenvalue weighted by Crippen LogP contribution is 2.29. The number of aryl methyl sites for hydroxylation is 1. The van der Waals surface area contributed by atoms with Crippen molar-refractivity contribution in [3.63, 3.8) is 0 Å². The maximum absolute atomic E-state index is 11.2. The Kier molecular flexibility index (Phi) is 3.15. The van der Waals surface area contributed by atoms with Crippen molar-refractivity contribution in [1.29, 1.82) is 0 Å². The van der Waals surface area contributed by atoms with Gasteiger partial charge in [0.1, 0.15) is 5.69 Å². The molecule has 0 fully saturated rings. The van der Waals surface area contributed by atoms with Crippen molar-refractivity contribution < 1.29 is 13.3 Å². The van der Waals surface area contributed by atoms with Gasteiger partial charge >= 0.3 is 0 Å². The lowest BCUT2D eigenvalue weighted by atomic mass is 10.2. The highest BCUT2D eigenvalue weighted by Gasteiger charge is 2.20. The summed E-state index contributed by atoms with van der Waals surface area (Å²) in [5, 5.41) is 18.3. The number of hydrogen-bond acceptors (Lipinski definition) is 5. The first kappa shape index (κ1) is 12.4. The molecular formula is C8H11N3O4S. The molecule has 0 aliphatic heterocycles. The molecule has 0 bridgehead atoms. The van der Waals surface area contributed by atoms with Crippen LogP contribution in [0.1, 0.15) is 5.56 Å². The van der Waals surface area contributed by atoms with Gasteiger partial charge in [0.2, 0.25) is 10.0 Å². The molecule has 16 heavy (non-hydrogen) atoms. The molecule has 3 N–H and O–H groups in total. The smallest absolute Gasteiger partial charge is 0.293 e. The van der Waals surface area contributed by atoms with Crippen molar-refractivity contribution in [3.05, 3.63) is 27.8 Å². The van der Waals surface area contributed by atoms with Crippen molar-refractivity contribution in [1.82, 2.24) is 0 Å². The van der Waals surface area contributed by atoms with E-state index in [-0.39, 0.29) is 16.3 Å². The predicted octanol–water partition coefficient (Wildman–Crippen LogP) is 0.592. The normalized spacial score (nSPS) is 11.2. The summed E-state index contributed by atoms with van der Waals surface area (Å²) < 4.78 is 22.3. The van der Waals surface area contributed by atoms with Crippen LogP contribution < -0.4 is 10.5 Å². The van der Waals surface area contributed by atoms with Crippen molar-refractivity contribution in [2.45, 2.75) is 11.8 Å². The summed E-state index contributed by atoms with van der Waals surface area (Å²) >= 11 is 0. The zero-order valence-electron chi connectivity index (χ0n) is 8.72. The van der Waals surface area contributed by atoms with E-state index in [0.29, 0.717) is 5.56 Å². The lowest BCUT2D eigenvalue weighted by Gasteiger charge is -2.07. The molecule has 1 aromatic carbocycles. The van der Waals surface area contributed by atoms with E-state index in [4.69, 9.17) is 5.14 Å². The molecule has 88 valence electrons. The monoisotopic (exact) mass is 245 g/mol. The molecule has 0 radical (unpaired) electrons. The molecule has 0 amide bonds. The molecule has 0 aromatic heterocycles. The molecule has 7 nitrogen and oxygen atoms in total. The van der Waals surface area contributed by atoms with E-state index in [1.54, 1.807) is 0 Å². The minimum atomic E-state index is -3.95. The Morgan fingerprint density at radius 1 is 1.44 bits per heavy atom. The number of nitrogens with zero attached hydrogens (tertiary/aromatic N) is 1. The maximum Gasteiger partial charge on any atom is 0.293 e. The Morgan fingerprint density at radius 2 is 2.00 bits per heavy atom. The number of sulfonamides is 1. The van der Waals surface area contributed by atoms with Gasteiger partial charge < -0.3 is 5.32 Å². The number of nitrogens with one attached hydrogen (secondary N) is 1. The first-order chi connectivity index (χ1) is 7.27. The third-order valence-electron chi connectivity index (χ3n) is 2.07. The first-order valence-electron chi connectivity index (χ1n) is 4.27. The maximum atomic E-state index is 11.2. The summed E-state index contributed by atoms with van der Waals surface area (Å²) in [4.78, 5) is 9.80. The van der Waals surface area contributed by atoms with Crippen LogP contribution in [0.4, 0.5) is 11.4 Å². The Labute approximate surface area is 92.5 Å². The largest absolute Gasteiger partial charge is 0.383 e. The third kappa shape index (κ3) is 2.28. The number of primary sulfonamides is 1. The van der Waals surface area contributed by atoms with Crippen LogP contribution in [0.2, 0.25) is 0 Å². The predicted molar refractivity (Wildman–Crippen MR) is 58.8 cm³/mol. The molecule has 1 rings (SSSR count). The minimum Gasteiger partial charge on any atom is -0.383 e. The van der Waals surface area contributed by atoms with Crippen LogP contribution >= 0.6 is 0 Å². The van der Waals surface area contributed by atoms with Gasteiger partial charge in [0.25, 0.3) is 5.69 Å². The highest BCUT2D eigenvalue weighted by molar-refractivity contribution is 7.89. The quantitative estimate of drug-likeness (QED) is 0.597. The van der Waals surface area contributed by atoms with E-state index in [1.165, 1.54) is 20.0 Å². The third-order valence-corrected chi connectivity index (χ3v) is 3.12. The molecule has 0 saturated carbocycles. The average Bonchev–Trinajstić information content (AvgIpc) is 2.14. The van der Waals surface area contributed by atoms with Crippen molar-refractivity contribution in [2.24, 2.45) is 5.14 Å². The number of nitrogens with two attached hydrogens (primary N) is 1. The second-order valence-electron chi connectivity index (χ2n) is 3.19. The Balaban J connectivity index is 3.58. The van der Waals surface area contributed by atoms with Crippen LogP contribution in [-0.2, 0) is 10.0 Å². The van der Waals surface area contributed by atoms with E-state index in [2.05, 4.69) is 5.32 Å². The summed E-state index contributed by atoms with van der Waals surface area (Å²) in [5.74, 6) is 0. The van der Waals surface area contributed by atoms with E-state index >= 15 is 0 Å². The molecule has 8 heteroatoms. The van der Waals surface area contributed by atoms with Gasteiger partial charge in [0.15, 0.2) is 0 Å². The highest BCUT2D eigenvalue weighted by atomic mass is 32.2. The van der Waals surface area contributed by atoms with E-state index in [9.17, 15) is 18.5 Å². The van der Waals surface area contributed by atoms with Crippen LogP contribution in [0.25, 0.3) is 0 Å². The number of benzene rings is 1. The van der Waals surface area contributed by atoms with Crippen LogP contribution in [0, 0.1) is 17.0 Å². The Morgan fingerprint density at radius 3 is 2.38 bits per heavy atom. The number of nitro benzene ring substituents is 1. The number of nitro groups is 1. The number of anilines is 1. The van der Waals surface area contributed by atoms with Crippen LogP contribution in [-0.4, -0.2) is 20.4 Å². The SMILES string of the molecule is CNc1cc(C)c(S(N)(=O)=O)cc1[N+](=O)[O-]. The standard InChI is InChI=1S/C8H11N3O4S/c1-5-3-6(10-2)7(11(12)13)4-8(5)16(9,14)15/h3-4,10H,1-2H3,(H2,9,14,15). The van der Waals surface area contributed by atoms with Crippen molar-refractivity contribution >= 4 is 21.4 Å². The molecule has 0 aliphatic carbocycles. The van der Waals surface area contributed by atoms with E-state index in [1.807, 2.05) is 0 Å². The Hall–Kier alpha value is -1.67. The zero-order valence-corrected chi connectivity index (χ0v) is 9.54. The summed E-state index contributed by atoms with van der Waals surface area (Å²) in [7, 11) is -2.43. The lowest BCUT2D eigenvalue weighted by Crippen LogP contribution is -2.14. The Bertz CT molecular complexity index is 538. The average molecular weight is 245 g/mol. The van der Waals surface area contributed by atoms with Gasteiger partial charge in [0, 0.05) is 13.1 Å². The zero-order chi connectivity index (χ0) is 12.5. The van der Waals surface area contributed by atoms with E-state index < -0.39 is 14.9 Å². The number of rotatable bonds is 3. The van der Waals surface area contributed by atoms with Crippen molar-refractivity contribution in [3.8, 4) is 0 Å². The lowest BCUT2D eigenvalue weighted by molar-refractivity contribution is -0.384. The second kappa shape index (κ2) is 4.06. The van der Waals surface area contributed by atoms with Crippen molar-refractivity contribution in [2.75, 3.05) is 12.4 Å². The second-order valence-corrected chi connectivity index (χ2v) is 4.72. The number of hydrogen-bond donors (Lipinski definition) is 2. The molecule has 0 aliphatic rings. The summed E-state index contributed by atoms with van der Waals surface area (Å²) in [6.45, 7) is 1.52. The van der Waals surface area contributed by atoms with Gasteiger partial charge in [-0.3, -0.25) is 10.1 Å². The van der Waals surface area contributed by atoms with Crippen LogP contribution in [0.15, 0.2) is 17.0 Å². The van der Waals surface area contributed by atoms with Gasteiger partial charge in [-0.15, -0.1) is 0 Å². The molecular weight excluding hydrogens is 234 g/mol. The molecule has 0 atom stereocenters. The van der Waals surface area contributed by atoms with Gasteiger partial charge in [-0.05, 0) is 18.6 Å². The summed E-state index contributed by atoms with van der Waals surface area (Å²) in [6.07, 6.45) is 0. The van der Waals surface area contributed by atoms with E-state index in [0.717, 1.165) is 6.07 Å². The fraction of sp³-hybridized carbons (Fsp3) is 0.250. The molecule has 0 saturated heterocycles. The van der Waals surface area contributed by atoms with Gasteiger partial charge in [-0.25, -0.2) is 13.6 Å². The van der Waals surface area contributed by atoms with Gasteiger partial charge in [-0.2, -0.15) is 0 Å². The molecule has 1 aromatic rings. The fourth-order valence-corrected chi connectivity index (χ4v) is 2.12. The molecule has 0 heterocycles. The summed E-state index contributed by atoms with van der Waals surface area (Å²) in [6, 6.07) is 2.33. The topological polar surface area (TPSA) is 115 Å². The molecule has 0 unspecified atom stereocenters.